The molecular weight excluding hydrogens is 240 g/mol. The van der Waals surface area contributed by atoms with Gasteiger partial charge in [-0.25, -0.2) is 4.98 Å². The summed E-state index contributed by atoms with van der Waals surface area (Å²) in [6.45, 7) is 2.70. The van der Waals surface area contributed by atoms with Gasteiger partial charge in [-0.05, 0) is 12.1 Å². The number of hydrogen-bond acceptors (Lipinski definition) is 3. The molecule has 5 heteroatoms. The van der Waals surface area contributed by atoms with Crippen LogP contribution in [0.15, 0.2) is 36.5 Å². The number of aromatic nitrogens is 2. The first-order valence-electron chi connectivity index (χ1n) is 6.46. The number of para-hydroxylation sites is 1. The zero-order valence-corrected chi connectivity index (χ0v) is 10.6. The second-order valence-corrected chi connectivity index (χ2v) is 4.56. The Morgan fingerprint density at radius 2 is 2.11 bits per heavy atom. The predicted molar refractivity (Wildman–Crippen MR) is 73.2 cm³/mol. The average Bonchev–Trinajstić information content (AvgIpc) is 2.72. The van der Waals surface area contributed by atoms with Gasteiger partial charge in [0, 0.05) is 37.9 Å². The molecule has 1 aliphatic heterocycles. The van der Waals surface area contributed by atoms with Crippen molar-refractivity contribution < 1.29 is 4.79 Å². The molecule has 1 aromatic heterocycles. The van der Waals surface area contributed by atoms with E-state index in [0.717, 1.165) is 37.6 Å². The minimum Gasteiger partial charge on any atom is -0.333 e. The van der Waals surface area contributed by atoms with E-state index in [1.54, 1.807) is 0 Å². The molecule has 0 fully saturated rings. The predicted octanol–water partition coefficient (Wildman–Crippen LogP) is 1.28. The fourth-order valence-corrected chi connectivity index (χ4v) is 2.20. The maximum Gasteiger partial charge on any atom is 0.275 e. The van der Waals surface area contributed by atoms with Crippen LogP contribution in [0, 0.1) is 0 Å². The normalized spacial score (nSPS) is 14.5. The lowest BCUT2D eigenvalue weighted by molar-refractivity contribution is 0.102. The SMILES string of the molecule is O=C(Nc1ccccc1)c1cn2c(n1)CCNCC2. The molecule has 5 nitrogen and oxygen atoms in total. The van der Waals surface area contributed by atoms with Crippen LogP contribution in [0.1, 0.15) is 16.3 Å². The molecule has 0 atom stereocenters. The highest BCUT2D eigenvalue weighted by atomic mass is 16.1. The number of rotatable bonds is 2. The Bertz CT molecular complexity index is 553. The van der Waals surface area contributed by atoms with Gasteiger partial charge in [-0.2, -0.15) is 0 Å². The molecule has 19 heavy (non-hydrogen) atoms. The van der Waals surface area contributed by atoms with E-state index in [4.69, 9.17) is 0 Å². The Hall–Kier alpha value is -2.14. The summed E-state index contributed by atoms with van der Waals surface area (Å²) in [7, 11) is 0. The smallest absolute Gasteiger partial charge is 0.275 e. The maximum absolute atomic E-state index is 12.1. The highest BCUT2D eigenvalue weighted by Gasteiger charge is 2.15. The quantitative estimate of drug-likeness (QED) is 0.851. The highest BCUT2D eigenvalue weighted by molar-refractivity contribution is 6.02. The summed E-state index contributed by atoms with van der Waals surface area (Å²) in [6, 6.07) is 9.43. The highest BCUT2D eigenvalue weighted by Crippen LogP contribution is 2.10. The zero-order chi connectivity index (χ0) is 13.1. The molecule has 2 aromatic rings. The van der Waals surface area contributed by atoms with Crippen molar-refractivity contribution in [2.45, 2.75) is 13.0 Å². The van der Waals surface area contributed by atoms with E-state index in [1.165, 1.54) is 0 Å². The monoisotopic (exact) mass is 256 g/mol. The Labute approximate surface area is 111 Å². The molecule has 0 radical (unpaired) electrons. The third-order valence-corrected chi connectivity index (χ3v) is 3.18. The Morgan fingerprint density at radius 1 is 1.26 bits per heavy atom. The summed E-state index contributed by atoms with van der Waals surface area (Å²) in [5, 5.41) is 6.16. The van der Waals surface area contributed by atoms with E-state index in [9.17, 15) is 4.79 Å². The van der Waals surface area contributed by atoms with Gasteiger partial charge in [0.2, 0.25) is 0 Å². The largest absolute Gasteiger partial charge is 0.333 e. The van der Waals surface area contributed by atoms with Crippen molar-refractivity contribution >= 4 is 11.6 Å². The molecule has 1 aliphatic rings. The van der Waals surface area contributed by atoms with Crippen LogP contribution in [0.5, 0.6) is 0 Å². The van der Waals surface area contributed by atoms with E-state index < -0.39 is 0 Å². The summed E-state index contributed by atoms with van der Waals surface area (Å²) >= 11 is 0. The Balaban J connectivity index is 1.77. The van der Waals surface area contributed by atoms with Crippen LogP contribution in [-0.2, 0) is 13.0 Å². The van der Waals surface area contributed by atoms with Crippen molar-refractivity contribution in [2.75, 3.05) is 18.4 Å². The number of anilines is 1. The fraction of sp³-hybridized carbons (Fsp3) is 0.286. The standard InChI is InChI=1S/C14H16N4O/c19-14(16-11-4-2-1-3-5-11)12-10-18-9-8-15-7-6-13(18)17-12/h1-5,10,15H,6-9H2,(H,16,19). The van der Waals surface area contributed by atoms with Crippen molar-refractivity contribution in [3.8, 4) is 0 Å². The summed E-state index contributed by atoms with van der Waals surface area (Å²) in [5.74, 6) is 0.822. The molecule has 2 heterocycles. The summed E-state index contributed by atoms with van der Waals surface area (Å²) in [6.07, 6.45) is 2.69. The number of imidazole rings is 1. The third kappa shape index (κ3) is 2.66. The first-order valence-corrected chi connectivity index (χ1v) is 6.46. The lowest BCUT2D eigenvalue weighted by atomic mass is 10.3. The first kappa shape index (κ1) is 11.9. The molecule has 3 rings (SSSR count). The van der Waals surface area contributed by atoms with Crippen LogP contribution in [0.4, 0.5) is 5.69 Å². The van der Waals surface area contributed by atoms with Crippen LogP contribution in [-0.4, -0.2) is 28.5 Å². The lowest BCUT2D eigenvalue weighted by Gasteiger charge is -2.02. The van der Waals surface area contributed by atoms with Gasteiger partial charge in [-0.1, -0.05) is 18.2 Å². The van der Waals surface area contributed by atoms with Gasteiger partial charge in [0.25, 0.3) is 5.91 Å². The van der Waals surface area contributed by atoms with E-state index in [0.29, 0.717) is 5.69 Å². The van der Waals surface area contributed by atoms with Crippen molar-refractivity contribution in [2.24, 2.45) is 0 Å². The molecule has 2 N–H and O–H groups in total. The zero-order valence-electron chi connectivity index (χ0n) is 10.6. The van der Waals surface area contributed by atoms with Crippen molar-refractivity contribution in [1.82, 2.24) is 14.9 Å². The minimum atomic E-state index is -0.153. The van der Waals surface area contributed by atoms with Crippen molar-refractivity contribution in [3.05, 3.63) is 48.0 Å². The lowest BCUT2D eigenvalue weighted by Crippen LogP contribution is -2.18. The van der Waals surface area contributed by atoms with Crippen LogP contribution in [0.3, 0.4) is 0 Å². The number of nitrogens with one attached hydrogen (secondary N) is 2. The van der Waals surface area contributed by atoms with E-state index >= 15 is 0 Å². The molecule has 0 bridgehead atoms. The third-order valence-electron chi connectivity index (χ3n) is 3.18. The van der Waals surface area contributed by atoms with Crippen LogP contribution < -0.4 is 10.6 Å². The van der Waals surface area contributed by atoms with Gasteiger partial charge < -0.3 is 15.2 Å². The number of benzene rings is 1. The molecule has 1 amide bonds. The topological polar surface area (TPSA) is 59.0 Å². The van der Waals surface area contributed by atoms with Crippen molar-refractivity contribution in [3.63, 3.8) is 0 Å². The average molecular weight is 256 g/mol. The van der Waals surface area contributed by atoms with Crippen LogP contribution >= 0.6 is 0 Å². The second-order valence-electron chi connectivity index (χ2n) is 4.56. The number of hydrogen-bond donors (Lipinski definition) is 2. The van der Waals surface area contributed by atoms with Crippen LogP contribution in [0.25, 0.3) is 0 Å². The molecule has 0 spiro atoms. The maximum atomic E-state index is 12.1. The number of carbonyl (C=O) groups excluding carboxylic acids is 1. The Kier molecular flexibility index (Phi) is 3.29. The van der Waals surface area contributed by atoms with Gasteiger partial charge in [0.05, 0.1) is 0 Å². The van der Waals surface area contributed by atoms with Gasteiger partial charge in [-0.15, -0.1) is 0 Å². The van der Waals surface area contributed by atoms with Crippen LogP contribution in [0.2, 0.25) is 0 Å². The minimum absolute atomic E-state index is 0.153. The fourth-order valence-electron chi connectivity index (χ4n) is 2.20. The van der Waals surface area contributed by atoms with Gasteiger partial charge in [0.15, 0.2) is 0 Å². The summed E-state index contributed by atoms with van der Waals surface area (Å²) in [5.41, 5.74) is 1.28. The molecule has 1 aromatic carbocycles. The van der Waals surface area contributed by atoms with Crippen molar-refractivity contribution in [1.29, 1.82) is 0 Å². The van der Waals surface area contributed by atoms with Gasteiger partial charge in [0.1, 0.15) is 11.5 Å². The van der Waals surface area contributed by atoms with E-state index in [2.05, 4.69) is 20.2 Å². The summed E-state index contributed by atoms with van der Waals surface area (Å²) < 4.78 is 2.06. The number of carbonyl (C=O) groups is 1. The molecule has 0 saturated heterocycles. The number of nitrogens with zero attached hydrogens (tertiary/aromatic N) is 2. The van der Waals surface area contributed by atoms with E-state index in [1.807, 2.05) is 36.5 Å². The van der Waals surface area contributed by atoms with E-state index in [-0.39, 0.29) is 5.91 Å². The number of amides is 1. The molecule has 0 unspecified atom stereocenters. The summed E-state index contributed by atoms with van der Waals surface area (Å²) in [4.78, 5) is 16.5. The molecule has 0 aliphatic carbocycles. The molecular formula is C14H16N4O. The van der Waals surface area contributed by atoms with Gasteiger partial charge >= 0.3 is 0 Å². The number of fused-ring (bicyclic) bond motifs is 1. The first-order chi connectivity index (χ1) is 9.33. The second kappa shape index (κ2) is 5.24. The van der Waals surface area contributed by atoms with Gasteiger partial charge in [-0.3, -0.25) is 4.79 Å². The molecule has 98 valence electrons. The molecule has 0 saturated carbocycles. The Morgan fingerprint density at radius 3 is 2.95 bits per heavy atom.